The van der Waals surface area contributed by atoms with Gasteiger partial charge in [-0.25, -0.2) is 4.98 Å². The third kappa shape index (κ3) is 2.47. The van der Waals surface area contributed by atoms with Crippen LogP contribution in [-0.2, 0) is 19.1 Å². The number of halogens is 3. The quantitative estimate of drug-likeness (QED) is 0.681. The summed E-state index contributed by atoms with van der Waals surface area (Å²) >= 11 is 0. The summed E-state index contributed by atoms with van der Waals surface area (Å²) in [5, 5.41) is 5.72. The Morgan fingerprint density at radius 2 is 2.12 bits per heavy atom. The molecule has 3 aromatic heterocycles. The molecule has 1 aliphatic rings. The molecule has 0 aromatic carbocycles. The van der Waals surface area contributed by atoms with Crippen LogP contribution in [0, 0.1) is 0 Å². The number of carbonyl (C=O) groups excluding carboxylic acids is 1. The van der Waals surface area contributed by atoms with Crippen LogP contribution in [0.4, 0.5) is 13.2 Å². The standard InChI is InChI=1S/C14H11F3N6O2/c15-14(16,17)10-7-5-23(3-1-8(7)20-21-10)13(25)9-6-22-4-2-18-12(24)11(22)19-9/h2,4,6H,1,3,5H2,(H,18,24)(H,20,21). The van der Waals surface area contributed by atoms with E-state index in [4.69, 9.17) is 0 Å². The first kappa shape index (κ1) is 15.4. The van der Waals surface area contributed by atoms with Gasteiger partial charge in [-0.2, -0.15) is 18.3 Å². The molecule has 0 saturated carbocycles. The molecule has 0 atom stereocenters. The Morgan fingerprint density at radius 1 is 1.32 bits per heavy atom. The Morgan fingerprint density at radius 3 is 2.84 bits per heavy atom. The fraction of sp³-hybridized carbons (Fsp3) is 0.286. The highest BCUT2D eigenvalue weighted by Crippen LogP contribution is 2.34. The van der Waals surface area contributed by atoms with Crippen molar-refractivity contribution < 1.29 is 18.0 Å². The van der Waals surface area contributed by atoms with Crippen LogP contribution in [0.25, 0.3) is 5.65 Å². The number of aromatic amines is 2. The number of H-pyrrole nitrogens is 2. The van der Waals surface area contributed by atoms with Gasteiger partial charge in [0.1, 0.15) is 5.69 Å². The van der Waals surface area contributed by atoms with Gasteiger partial charge in [0.25, 0.3) is 11.5 Å². The van der Waals surface area contributed by atoms with Crippen LogP contribution in [-0.4, -0.2) is 41.9 Å². The summed E-state index contributed by atoms with van der Waals surface area (Å²) in [6.07, 6.45) is -0.0563. The van der Waals surface area contributed by atoms with Gasteiger partial charge in [0, 0.05) is 42.8 Å². The third-order valence-corrected chi connectivity index (χ3v) is 4.09. The van der Waals surface area contributed by atoms with Gasteiger partial charge in [-0.3, -0.25) is 14.7 Å². The lowest BCUT2D eigenvalue weighted by Crippen LogP contribution is -2.36. The van der Waals surface area contributed by atoms with Gasteiger partial charge in [-0.15, -0.1) is 0 Å². The molecule has 3 aromatic rings. The zero-order valence-corrected chi connectivity index (χ0v) is 12.6. The van der Waals surface area contributed by atoms with E-state index in [2.05, 4.69) is 20.2 Å². The maximum Gasteiger partial charge on any atom is 0.435 e. The van der Waals surface area contributed by atoms with Crippen LogP contribution < -0.4 is 5.56 Å². The first-order chi connectivity index (χ1) is 11.8. The lowest BCUT2D eigenvalue weighted by atomic mass is 10.0. The van der Waals surface area contributed by atoms with Crippen molar-refractivity contribution >= 4 is 11.6 Å². The third-order valence-electron chi connectivity index (χ3n) is 4.09. The Kier molecular flexibility index (Phi) is 3.20. The highest BCUT2D eigenvalue weighted by atomic mass is 19.4. The summed E-state index contributed by atoms with van der Waals surface area (Å²) in [4.78, 5) is 32.0. The Bertz CT molecular complexity index is 1030. The van der Waals surface area contributed by atoms with Crippen molar-refractivity contribution in [1.82, 2.24) is 29.5 Å². The molecule has 0 fully saturated rings. The molecule has 4 heterocycles. The molecule has 11 heteroatoms. The van der Waals surface area contributed by atoms with Crippen LogP contribution in [0.1, 0.15) is 27.4 Å². The summed E-state index contributed by atoms with van der Waals surface area (Å²) in [5.74, 6) is -0.539. The molecule has 0 saturated heterocycles. The van der Waals surface area contributed by atoms with Crippen LogP contribution in [0.2, 0.25) is 0 Å². The summed E-state index contributed by atoms with van der Waals surface area (Å²) < 4.78 is 40.4. The van der Waals surface area contributed by atoms with Crippen LogP contribution in [0.15, 0.2) is 23.4 Å². The molecule has 25 heavy (non-hydrogen) atoms. The molecule has 1 amide bonds. The van der Waals surface area contributed by atoms with Gasteiger partial charge >= 0.3 is 6.18 Å². The number of imidazole rings is 1. The molecule has 2 N–H and O–H groups in total. The lowest BCUT2D eigenvalue weighted by Gasteiger charge is -2.26. The van der Waals surface area contributed by atoms with Crippen LogP contribution >= 0.6 is 0 Å². The predicted octanol–water partition coefficient (Wildman–Crippen LogP) is 0.963. The first-order valence-electron chi connectivity index (χ1n) is 7.33. The van der Waals surface area contributed by atoms with Crippen molar-refractivity contribution in [2.75, 3.05) is 6.54 Å². The number of rotatable bonds is 1. The number of fused-ring (bicyclic) bond motifs is 2. The number of alkyl halides is 3. The molecule has 4 rings (SSSR count). The second-order valence-corrected chi connectivity index (χ2v) is 5.65. The number of nitrogens with one attached hydrogen (secondary N) is 2. The van der Waals surface area contributed by atoms with E-state index in [1.807, 2.05) is 0 Å². The average molecular weight is 352 g/mol. The monoisotopic (exact) mass is 352 g/mol. The summed E-state index contributed by atoms with van der Waals surface area (Å²) in [7, 11) is 0. The number of aromatic nitrogens is 5. The van der Waals surface area contributed by atoms with E-state index in [1.54, 1.807) is 0 Å². The normalized spacial score (nSPS) is 14.8. The Balaban J connectivity index is 1.66. The molecule has 0 spiro atoms. The molecule has 0 bridgehead atoms. The molecule has 0 unspecified atom stereocenters. The van der Waals surface area contributed by atoms with Crippen molar-refractivity contribution in [1.29, 1.82) is 0 Å². The van der Waals surface area contributed by atoms with Gasteiger partial charge in [0.15, 0.2) is 5.69 Å². The molecule has 0 radical (unpaired) electrons. The van der Waals surface area contributed by atoms with Crippen molar-refractivity contribution in [3.8, 4) is 0 Å². The zero-order valence-electron chi connectivity index (χ0n) is 12.6. The number of hydrogen-bond donors (Lipinski definition) is 2. The Hall–Kier alpha value is -3.11. The predicted molar refractivity (Wildman–Crippen MR) is 77.8 cm³/mol. The fourth-order valence-corrected chi connectivity index (χ4v) is 2.90. The van der Waals surface area contributed by atoms with E-state index < -0.39 is 23.3 Å². The van der Waals surface area contributed by atoms with Crippen LogP contribution in [0.3, 0.4) is 0 Å². The lowest BCUT2D eigenvalue weighted by molar-refractivity contribution is -0.142. The number of nitrogens with zero attached hydrogens (tertiary/aromatic N) is 4. The maximum atomic E-state index is 13.0. The Labute approximate surface area is 137 Å². The fourth-order valence-electron chi connectivity index (χ4n) is 2.90. The second kappa shape index (κ2) is 5.19. The second-order valence-electron chi connectivity index (χ2n) is 5.65. The van der Waals surface area contributed by atoms with Gasteiger partial charge in [-0.1, -0.05) is 0 Å². The first-order valence-corrected chi connectivity index (χ1v) is 7.33. The summed E-state index contributed by atoms with van der Waals surface area (Å²) in [5.41, 5.74) is -1.08. The van der Waals surface area contributed by atoms with Gasteiger partial charge in [0.05, 0.1) is 6.54 Å². The molecular weight excluding hydrogens is 341 g/mol. The topological polar surface area (TPSA) is 99.1 Å². The van der Waals surface area contributed by atoms with E-state index in [0.29, 0.717) is 5.69 Å². The van der Waals surface area contributed by atoms with Crippen molar-refractivity contribution in [2.24, 2.45) is 0 Å². The largest absolute Gasteiger partial charge is 0.435 e. The number of amides is 1. The SMILES string of the molecule is O=C(c1cn2cc[nH]c(=O)c2n1)N1CCc2[nH]nc(C(F)(F)F)c2C1. The van der Waals surface area contributed by atoms with E-state index in [-0.39, 0.29) is 36.4 Å². The highest BCUT2D eigenvalue weighted by Gasteiger charge is 2.40. The molecule has 0 aliphatic carbocycles. The minimum Gasteiger partial charge on any atom is -0.332 e. The van der Waals surface area contributed by atoms with Crippen LogP contribution in [0.5, 0.6) is 0 Å². The van der Waals surface area contributed by atoms with E-state index in [1.165, 1.54) is 27.9 Å². The van der Waals surface area contributed by atoms with E-state index in [9.17, 15) is 22.8 Å². The van der Waals surface area contributed by atoms with Crippen molar-refractivity contribution in [2.45, 2.75) is 19.1 Å². The van der Waals surface area contributed by atoms with Gasteiger partial charge in [-0.05, 0) is 0 Å². The smallest absolute Gasteiger partial charge is 0.332 e. The molecule has 1 aliphatic heterocycles. The number of hydrogen-bond acceptors (Lipinski definition) is 4. The highest BCUT2D eigenvalue weighted by molar-refractivity contribution is 5.93. The average Bonchev–Trinajstić information content (AvgIpc) is 3.17. The zero-order chi connectivity index (χ0) is 17.8. The molecule has 8 nitrogen and oxygen atoms in total. The molecule has 130 valence electrons. The minimum absolute atomic E-state index is 0.00259. The summed E-state index contributed by atoms with van der Waals surface area (Å²) in [6, 6.07) is 0. The molecular formula is C14H11F3N6O2. The van der Waals surface area contributed by atoms with Crippen molar-refractivity contribution in [3.63, 3.8) is 0 Å². The van der Waals surface area contributed by atoms with Gasteiger partial charge < -0.3 is 14.3 Å². The number of carbonyl (C=O) groups is 1. The van der Waals surface area contributed by atoms with Gasteiger partial charge in [0.2, 0.25) is 5.65 Å². The minimum atomic E-state index is -4.59. The summed E-state index contributed by atoms with van der Waals surface area (Å²) in [6.45, 7) is 0.0132. The van der Waals surface area contributed by atoms with E-state index in [0.717, 1.165) is 0 Å². The van der Waals surface area contributed by atoms with Crippen molar-refractivity contribution in [3.05, 3.63) is 51.6 Å². The maximum absolute atomic E-state index is 13.0. The van der Waals surface area contributed by atoms with E-state index >= 15 is 0 Å².